The Kier molecular flexibility index (Phi) is 7.33. The van der Waals surface area contributed by atoms with Gasteiger partial charge in [0.1, 0.15) is 11.5 Å². The molecule has 1 aliphatic rings. The van der Waals surface area contributed by atoms with E-state index in [1.54, 1.807) is 30.5 Å². The Bertz CT molecular complexity index is 1080. The van der Waals surface area contributed by atoms with Crippen LogP contribution >= 0.6 is 11.3 Å². The molecule has 1 N–H and O–H groups in total. The molecule has 0 spiro atoms. The number of hydrogen-bond donors (Lipinski definition) is 1. The average molecular weight is 496 g/mol. The van der Waals surface area contributed by atoms with E-state index in [0.29, 0.717) is 13.1 Å². The first kappa shape index (κ1) is 25.0. The number of ether oxygens (including phenoxy) is 2. The van der Waals surface area contributed by atoms with Gasteiger partial charge < -0.3 is 14.4 Å². The molecule has 0 saturated carbocycles. The van der Waals surface area contributed by atoms with Crippen LogP contribution in [0.3, 0.4) is 0 Å². The first-order valence-electron chi connectivity index (χ1n) is 11.8. The Hall–Kier alpha value is -3.10. The van der Waals surface area contributed by atoms with Crippen molar-refractivity contribution in [2.75, 3.05) is 27.3 Å². The number of carbonyl (C=O) groups excluding carboxylic acids is 1. The van der Waals surface area contributed by atoms with Crippen molar-refractivity contribution in [2.24, 2.45) is 0 Å². The molecular weight excluding hydrogens is 462 g/mol. The van der Waals surface area contributed by atoms with E-state index < -0.39 is 5.54 Å². The van der Waals surface area contributed by atoms with E-state index in [1.807, 2.05) is 57.2 Å². The molecule has 1 saturated heterocycles. The number of hydroxylamine groups is 2. The second-order valence-corrected chi connectivity index (χ2v) is 10.7. The van der Waals surface area contributed by atoms with Crippen molar-refractivity contribution in [1.82, 2.24) is 14.9 Å². The number of urea groups is 1. The monoisotopic (exact) mass is 495 g/mol. The zero-order valence-electron chi connectivity index (χ0n) is 20.9. The Morgan fingerprint density at radius 2 is 1.49 bits per heavy atom. The highest BCUT2D eigenvalue weighted by Gasteiger charge is 2.33. The van der Waals surface area contributed by atoms with Crippen molar-refractivity contribution in [1.29, 1.82) is 0 Å². The fourth-order valence-corrected chi connectivity index (χ4v) is 5.40. The molecule has 7 nitrogen and oxygen atoms in total. The molecule has 186 valence electrons. The summed E-state index contributed by atoms with van der Waals surface area (Å²) in [6, 6.07) is 15.7. The molecule has 1 fully saturated rings. The zero-order valence-corrected chi connectivity index (χ0v) is 21.8. The minimum atomic E-state index is -0.635. The second kappa shape index (κ2) is 10.3. The molecule has 8 heteroatoms. The van der Waals surface area contributed by atoms with Gasteiger partial charge in [-0.25, -0.2) is 14.8 Å². The summed E-state index contributed by atoms with van der Waals surface area (Å²) in [4.78, 5) is 20.6. The highest BCUT2D eigenvalue weighted by Crippen LogP contribution is 2.42. The molecule has 2 amide bonds. The number of hydrogen-bond acceptors (Lipinski definition) is 6. The van der Waals surface area contributed by atoms with E-state index in [-0.39, 0.29) is 11.9 Å². The van der Waals surface area contributed by atoms with Gasteiger partial charge in [-0.1, -0.05) is 0 Å². The van der Waals surface area contributed by atoms with Gasteiger partial charge in [0.05, 0.1) is 35.3 Å². The van der Waals surface area contributed by atoms with Crippen LogP contribution in [0.25, 0.3) is 21.7 Å². The predicted molar refractivity (Wildman–Crippen MR) is 138 cm³/mol. The van der Waals surface area contributed by atoms with Gasteiger partial charge in [0, 0.05) is 24.6 Å². The van der Waals surface area contributed by atoms with Gasteiger partial charge in [0.15, 0.2) is 0 Å². The van der Waals surface area contributed by atoms with E-state index >= 15 is 0 Å². The van der Waals surface area contributed by atoms with Gasteiger partial charge >= 0.3 is 6.03 Å². The van der Waals surface area contributed by atoms with Gasteiger partial charge in [-0.2, -0.15) is 0 Å². The van der Waals surface area contributed by atoms with Gasteiger partial charge in [0.25, 0.3) is 0 Å². The Morgan fingerprint density at radius 3 is 1.97 bits per heavy atom. The van der Waals surface area contributed by atoms with Crippen LogP contribution in [0.5, 0.6) is 11.5 Å². The standard InChI is InChI=1S/C27H33N3O4S/c1-27(2,3)30(32)26(31)29-16-14-20(15-17-29)25-28-23(18-6-10-21(33-4)11-7-18)24(35-25)19-8-12-22(34-5)13-9-19/h6-13,20,32H,14-17H2,1-5H3. The number of carbonyl (C=O) groups is 1. The summed E-state index contributed by atoms with van der Waals surface area (Å²) in [5.74, 6) is 1.88. The first-order valence-corrected chi connectivity index (χ1v) is 12.6. The maximum absolute atomic E-state index is 12.7. The molecular formula is C27H33N3O4S. The SMILES string of the molecule is COc1ccc(-c2nc(C3CCN(C(=O)N(O)C(C)(C)C)CC3)sc2-c2ccc(OC)cc2)cc1. The number of piperidine rings is 1. The minimum Gasteiger partial charge on any atom is -0.497 e. The Balaban J connectivity index is 1.60. The lowest BCUT2D eigenvalue weighted by Crippen LogP contribution is -2.51. The summed E-state index contributed by atoms with van der Waals surface area (Å²) >= 11 is 1.71. The lowest BCUT2D eigenvalue weighted by molar-refractivity contribution is -0.118. The number of thiazole rings is 1. The number of benzene rings is 2. The molecule has 2 aromatic carbocycles. The van der Waals surface area contributed by atoms with Crippen LogP contribution in [0.4, 0.5) is 4.79 Å². The third-order valence-electron chi connectivity index (χ3n) is 6.29. The summed E-state index contributed by atoms with van der Waals surface area (Å²) in [5.41, 5.74) is 2.44. The van der Waals surface area contributed by atoms with Crippen LogP contribution in [-0.2, 0) is 0 Å². The van der Waals surface area contributed by atoms with E-state index in [2.05, 4.69) is 12.1 Å². The molecule has 3 aromatic rings. The fraction of sp³-hybridized carbons (Fsp3) is 0.407. The molecule has 0 unspecified atom stereocenters. The Morgan fingerprint density at radius 1 is 0.971 bits per heavy atom. The maximum atomic E-state index is 12.7. The van der Waals surface area contributed by atoms with Gasteiger partial charge in [0.2, 0.25) is 0 Å². The van der Waals surface area contributed by atoms with E-state index in [4.69, 9.17) is 14.5 Å². The zero-order chi connectivity index (χ0) is 25.2. The van der Waals surface area contributed by atoms with Crippen LogP contribution < -0.4 is 9.47 Å². The smallest absolute Gasteiger partial charge is 0.344 e. The number of methoxy groups -OCH3 is 2. The van der Waals surface area contributed by atoms with E-state index in [9.17, 15) is 10.0 Å². The molecule has 4 rings (SSSR count). The van der Waals surface area contributed by atoms with Crippen molar-refractivity contribution in [3.63, 3.8) is 0 Å². The number of aromatic nitrogens is 1. The Labute approximate surface area is 210 Å². The van der Waals surface area contributed by atoms with Crippen LogP contribution in [0, 0.1) is 0 Å². The van der Waals surface area contributed by atoms with Crippen LogP contribution in [0.15, 0.2) is 48.5 Å². The first-order chi connectivity index (χ1) is 16.7. The third kappa shape index (κ3) is 5.44. The van der Waals surface area contributed by atoms with Gasteiger partial charge in [-0.15, -0.1) is 11.3 Å². The van der Waals surface area contributed by atoms with E-state index in [1.165, 1.54) is 0 Å². The van der Waals surface area contributed by atoms with Crippen molar-refractivity contribution in [3.8, 4) is 33.2 Å². The number of likely N-dealkylation sites (tertiary alicyclic amines) is 1. The minimum absolute atomic E-state index is 0.259. The quantitative estimate of drug-likeness (QED) is 0.333. The number of nitrogens with zero attached hydrogens (tertiary/aromatic N) is 3. The van der Waals surface area contributed by atoms with Crippen molar-refractivity contribution < 1.29 is 19.5 Å². The second-order valence-electron chi connectivity index (χ2n) is 9.71. The number of rotatable bonds is 5. The van der Waals surface area contributed by atoms with Crippen molar-refractivity contribution in [3.05, 3.63) is 53.5 Å². The van der Waals surface area contributed by atoms with Crippen molar-refractivity contribution in [2.45, 2.75) is 45.1 Å². The van der Waals surface area contributed by atoms with Gasteiger partial charge in [-0.05, 0) is 87.7 Å². The maximum Gasteiger partial charge on any atom is 0.344 e. The molecule has 0 radical (unpaired) electrons. The highest BCUT2D eigenvalue weighted by molar-refractivity contribution is 7.15. The lowest BCUT2D eigenvalue weighted by Gasteiger charge is -2.37. The molecule has 35 heavy (non-hydrogen) atoms. The number of amides is 2. The molecule has 0 atom stereocenters. The van der Waals surface area contributed by atoms with Gasteiger partial charge in [-0.3, -0.25) is 5.21 Å². The average Bonchev–Trinajstić information content (AvgIpc) is 3.33. The molecule has 1 aliphatic heterocycles. The lowest BCUT2D eigenvalue weighted by atomic mass is 9.97. The topological polar surface area (TPSA) is 75.1 Å². The summed E-state index contributed by atoms with van der Waals surface area (Å²) in [6.07, 6.45) is 1.61. The van der Waals surface area contributed by atoms with Crippen molar-refractivity contribution >= 4 is 17.4 Å². The molecule has 1 aromatic heterocycles. The van der Waals surface area contributed by atoms with Crippen LogP contribution in [-0.4, -0.2) is 59.0 Å². The largest absolute Gasteiger partial charge is 0.497 e. The normalized spacial score (nSPS) is 14.6. The summed E-state index contributed by atoms with van der Waals surface area (Å²) in [6.45, 7) is 6.62. The summed E-state index contributed by atoms with van der Waals surface area (Å²) < 4.78 is 10.7. The van der Waals surface area contributed by atoms with Crippen LogP contribution in [0.2, 0.25) is 0 Å². The van der Waals surface area contributed by atoms with Crippen LogP contribution in [0.1, 0.15) is 44.5 Å². The highest BCUT2D eigenvalue weighted by atomic mass is 32.1. The molecule has 0 bridgehead atoms. The fourth-order valence-electron chi connectivity index (χ4n) is 4.13. The predicted octanol–water partition coefficient (Wildman–Crippen LogP) is 6.28. The summed E-state index contributed by atoms with van der Waals surface area (Å²) in [7, 11) is 3.32. The molecule has 2 heterocycles. The molecule has 0 aliphatic carbocycles. The van der Waals surface area contributed by atoms with E-state index in [0.717, 1.165) is 56.1 Å². The third-order valence-corrected chi connectivity index (χ3v) is 7.56. The summed E-state index contributed by atoms with van der Waals surface area (Å²) in [5, 5.41) is 12.2.